The molecule has 0 amide bonds. The second-order valence-electron chi connectivity index (χ2n) is 2.89. The van der Waals surface area contributed by atoms with Crippen LogP contribution in [0.5, 0.6) is 0 Å². The van der Waals surface area contributed by atoms with E-state index in [0.29, 0.717) is 10.6 Å². The van der Waals surface area contributed by atoms with Crippen LogP contribution in [0.25, 0.3) is 0 Å². The number of hydrogen-bond acceptors (Lipinski definition) is 2. The number of Topliss-reactive ketones (excluding diaryl/α,β-unsaturated/α-hetero) is 1. The van der Waals surface area contributed by atoms with E-state index in [4.69, 9.17) is 23.8 Å². The topological polar surface area (TPSA) is 43.1 Å². The lowest BCUT2D eigenvalue weighted by Gasteiger charge is -2.06. The van der Waals surface area contributed by atoms with E-state index in [9.17, 15) is 4.79 Å². The third kappa shape index (κ3) is 2.59. The Hall–Kier alpha value is -1.30. The molecule has 0 aliphatic rings. The van der Waals surface area contributed by atoms with Gasteiger partial charge >= 0.3 is 0 Å². The zero-order valence-electron chi connectivity index (χ0n) is 7.53. The summed E-state index contributed by atoms with van der Waals surface area (Å²) in [4.78, 5) is 11.6. The van der Waals surface area contributed by atoms with Crippen molar-refractivity contribution in [1.82, 2.24) is 0 Å². The van der Waals surface area contributed by atoms with E-state index in [0.717, 1.165) is 0 Å². The quantitative estimate of drug-likeness (QED) is 0.608. The number of carbonyl (C=O) groups excluding carboxylic acids is 1. The summed E-state index contributed by atoms with van der Waals surface area (Å²) < 4.78 is 0. The molecule has 0 aliphatic carbocycles. The molecule has 0 saturated heterocycles. The van der Waals surface area contributed by atoms with Crippen molar-refractivity contribution in [2.24, 2.45) is 5.73 Å². The normalized spacial score (nSPS) is 11.8. The third-order valence-corrected chi connectivity index (χ3v) is 2.06. The fraction of sp³-hybridized carbons (Fsp3) is 0.182. The van der Waals surface area contributed by atoms with Gasteiger partial charge < -0.3 is 5.73 Å². The summed E-state index contributed by atoms with van der Waals surface area (Å²) in [6.45, 7) is 0. The number of halogens is 1. The SMILES string of the molecule is C#CCC(N)C(=O)c1ccc(Cl)cc1. The van der Waals surface area contributed by atoms with Gasteiger partial charge in [0.1, 0.15) is 0 Å². The number of hydrogen-bond donors (Lipinski definition) is 1. The number of carbonyl (C=O) groups is 1. The molecular formula is C11H10ClNO. The van der Waals surface area contributed by atoms with Crippen LogP contribution in [0.4, 0.5) is 0 Å². The molecule has 0 heterocycles. The summed E-state index contributed by atoms with van der Waals surface area (Å²) in [7, 11) is 0. The van der Waals surface area contributed by atoms with Crippen molar-refractivity contribution < 1.29 is 4.79 Å². The lowest BCUT2D eigenvalue weighted by atomic mass is 10.0. The number of terminal acetylenes is 1. The first-order chi connectivity index (χ1) is 6.65. The summed E-state index contributed by atoms with van der Waals surface area (Å²) >= 11 is 5.68. The Bertz CT molecular complexity index is 364. The molecule has 1 aromatic rings. The molecule has 2 N–H and O–H groups in total. The van der Waals surface area contributed by atoms with Gasteiger partial charge in [-0.25, -0.2) is 0 Å². The van der Waals surface area contributed by atoms with E-state index in [2.05, 4.69) is 5.92 Å². The highest BCUT2D eigenvalue weighted by Gasteiger charge is 2.13. The summed E-state index contributed by atoms with van der Waals surface area (Å²) in [5.74, 6) is 2.20. The molecule has 72 valence electrons. The van der Waals surface area contributed by atoms with Gasteiger partial charge in [0.05, 0.1) is 6.04 Å². The van der Waals surface area contributed by atoms with Crippen LogP contribution in [-0.4, -0.2) is 11.8 Å². The smallest absolute Gasteiger partial charge is 0.180 e. The number of nitrogens with two attached hydrogens (primary N) is 1. The first kappa shape index (κ1) is 10.8. The fourth-order valence-corrected chi connectivity index (χ4v) is 1.17. The van der Waals surface area contributed by atoms with Crippen LogP contribution < -0.4 is 5.73 Å². The molecule has 0 bridgehead atoms. The second-order valence-corrected chi connectivity index (χ2v) is 3.32. The minimum Gasteiger partial charge on any atom is -0.320 e. The van der Waals surface area contributed by atoms with Crippen molar-refractivity contribution in [2.75, 3.05) is 0 Å². The van der Waals surface area contributed by atoms with E-state index in [1.165, 1.54) is 0 Å². The molecule has 14 heavy (non-hydrogen) atoms. The molecule has 1 rings (SSSR count). The summed E-state index contributed by atoms with van der Waals surface area (Å²) in [6.07, 6.45) is 5.32. The molecule has 0 aliphatic heterocycles. The molecule has 3 heteroatoms. The van der Waals surface area contributed by atoms with Crippen molar-refractivity contribution in [2.45, 2.75) is 12.5 Å². The van der Waals surface area contributed by atoms with Crippen LogP contribution in [0.15, 0.2) is 24.3 Å². The second kappa shape index (κ2) is 4.80. The van der Waals surface area contributed by atoms with Crippen molar-refractivity contribution in [3.8, 4) is 12.3 Å². The van der Waals surface area contributed by atoms with Crippen LogP contribution >= 0.6 is 11.6 Å². The number of ketones is 1. The molecule has 0 spiro atoms. The van der Waals surface area contributed by atoms with Crippen molar-refractivity contribution in [3.63, 3.8) is 0 Å². The highest BCUT2D eigenvalue weighted by Crippen LogP contribution is 2.11. The van der Waals surface area contributed by atoms with Crippen LogP contribution in [0.1, 0.15) is 16.8 Å². The summed E-state index contributed by atoms with van der Waals surface area (Å²) in [5, 5.41) is 0.590. The molecule has 2 nitrogen and oxygen atoms in total. The van der Waals surface area contributed by atoms with E-state index in [-0.39, 0.29) is 12.2 Å². The van der Waals surface area contributed by atoms with Gasteiger partial charge in [0, 0.05) is 17.0 Å². The standard InChI is InChI=1S/C11H10ClNO/c1-2-3-10(13)11(14)8-4-6-9(12)7-5-8/h1,4-7,10H,3,13H2. The Morgan fingerprint density at radius 3 is 2.57 bits per heavy atom. The van der Waals surface area contributed by atoms with Crippen molar-refractivity contribution in [1.29, 1.82) is 0 Å². The lowest BCUT2D eigenvalue weighted by molar-refractivity contribution is 0.0963. The zero-order chi connectivity index (χ0) is 10.6. The van der Waals surface area contributed by atoms with Gasteiger partial charge in [-0.15, -0.1) is 12.3 Å². The highest BCUT2D eigenvalue weighted by molar-refractivity contribution is 6.30. The van der Waals surface area contributed by atoms with E-state index in [1.54, 1.807) is 24.3 Å². The van der Waals surface area contributed by atoms with Crippen LogP contribution in [0.3, 0.4) is 0 Å². The largest absolute Gasteiger partial charge is 0.320 e. The van der Waals surface area contributed by atoms with Gasteiger partial charge in [-0.05, 0) is 24.3 Å². The highest BCUT2D eigenvalue weighted by atomic mass is 35.5. The predicted molar refractivity (Wildman–Crippen MR) is 57.2 cm³/mol. The monoisotopic (exact) mass is 207 g/mol. The van der Waals surface area contributed by atoms with Crippen LogP contribution in [0.2, 0.25) is 5.02 Å². The maximum absolute atomic E-state index is 11.6. The first-order valence-electron chi connectivity index (χ1n) is 4.14. The first-order valence-corrected chi connectivity index (χ1v) is 4.51. The van der Waals surface area contributed by atoms with Gasteiger partial charge in [0.15, 0.2) is 5.78 Å². The van der Waals surface area contributed by atoms with Gasteiger partial charge in [-0.3, -0.25) is 4.79 Å². The minimum absolute atomic E-state index is 0.153. The molecule has 0 aromatic heterocycles. The Balaban J connectivity index is 2.80. The van der Waals surface area contributed by atoms with Crippen molar-refractivity contribution >= 4 is 17.4 Å². The Labute approximate surface area is 88.1 Å². The Kier molecular flexibility index (Phi) is 3.70. The average Bonchev–Trinajstić information content (AvgIpc) is 2.18. The third-order valence-electron chi connectivity index (χ3n) is 1.80. The molecule has 1 unspecified atom stereocenters. The van der Waals surface area contributed by atoms with E-state index >= 15 is 0 Å². The minimum atomic E-state index is -0.624. The molecule has 0 saturated carbocycles. The van der Waals surface area contributed by atoms with Gasteiger partial charge in [0.25, 0.3) is 0 Å². The Morgan fingerprint density at radius 1 is 1.50 bits per heavy atom. The molecule has 1 atom stereocenters. The molecule has 1 aromatic carbocycles. The average molecular weight is 208 g/mol. The summed E-state index contributed by atoms with van der Waals surface area (Å²) in [5.41, 5.74) is 6.11. The Morgan fingerprint density at radius 2 is 2.07 bits per heavy atom. The number of benzene rings is 1. The molecular weight excluding hydrogens is 198 g/mol. The maximum Gasteiger partial charge on any atom is 0.180 e. The number of rotatable bonds is 3. The van der Waals surface area contributed by atoms with Gasteiger partial charge in [0.2, 0.25) is 0 Å². The van der Waals surface area contributed by atoms with Crippen LogP contribution in [0, 0.1) is 12.3 Å². The fourth-order valence-electron chi connectivity index (χ4n) is 1.05. The van der Waals surface area contributed by atoms with Gasteiger partial charge in [-0.1, -0.05) is 11.6 Å². The van der Waals surface area contributed by atoms with Gasteiger partial charge in [-0.2, -0.15) is 0 Å². The van der Waals surface area contributed by atoms with E-state index in [1.807, 2.05) is 0 Å². The lowest BCUT2D eigenvalue weighted by Crippen LogP contribution is -2.29. The van der Waals surface area contributed by atoms with E-state index < -0.39 is 6.04 Å². The van der Waals surface area contributed by atoms with Crippen LogP contribution in [-0.2, 0) is 0 Å². The summed E-state index contributed by atoms with van der Waals surface area (Å²) in [6, 6.07) is 5.96. The predicted octanol–water partition coefficient (Wildman–Crippen LogP) is 1.87. The van der Waals surface area contributed by atoms with Crippen molar-refractivity contribution in [3.05, 3.63) is 34.9 Å². The zero-order valence-corrected chi connectivity index (χ0v) is 8.29. The maximum atomic E-state index is 11.6. The molecule has 0 radical (unpaired) electrons. The molecule has 0 fully saturated rings.